The highest BCUT2D eigenvalue weighted by Gasteiger charge is 2.12. The Morgan fingerprint density at radius 3 is 2.35 bits per heavy atom. The first kappa shape index (κ1) is 17.5. The van der Waals surface area contributed by atoms with Crippen LogP contribution in [-0.2, 0) is 27.4 Å². The number of aliphatic carboxylic acids is 1. The van der Waals surface area contributed by atoms with Crippen LogP contribution < -0.4 is 9.13 Å². The van der Waals surface area contributed by atoms with Crippen LogP contribution >= 0.6 is 0 Å². The van der Waals surface area contributed by atoms with Crippen molar-refractivity contribution in [1.82, 2.24) is 0 Å². The lowest BCUT2D eigenvalue weighted by atomic mass is 10.0. The highest BCUT2D eigenvalue weighted by molar-refractivity contribution is 5.86. The van der Waals surface area contributed by atoms with Gasteiger partial charge < -0.3 is 9.84 Å². The van der Waals surface area contributed by atoms with Crippen LogP contribution in [0.2, 0.25) is 0 Å². The van der Waals surface area contributed by atoms with Gasteiger partial charge in [0.2, 0.25) is 13.1 Å². The average molecular weight is 352 g/mol. The van der Waals surface area contributed by atoms with E-state index in [1.54, 1.807) is 28.5 Å². The van der Waals surface area contributed by atoms with E-state index in [1.165, 1.54) is 0 Å². The first-order valence-electron chi connectivity index (χ1n) is 8.35. The van der Waals surface area contributed by atoms with E-state index < -0.39 is 5.97 Å². The summed E-state index contributed by atoms with van der Waals surface area (Å²) in [4.78, 5) is 22.4. The van der Waals surface area contributed by atoms with Crippen molar-refractivity contribution in [1.29, 1.82) is 0 Å². The van der Waals surface area contributed by atoms with E-state index in [0.29, 0.717) is 6.61 Å². The molecule has 2 aromatic heterocycles. The summed E-state index contributed by atoms with van der Waals surface area (Å²) in [5.74, 6) is -1.14. The van der Waals surface area contributed by atoms with Crippen molar-refractivity contribution in [3.63, 3.8) is 0 Å². The molecule has 6 heteroatoms. The second-order valence-corrected chi connectivity index (χ2v) is 5.92. The highest BCUT2D eigenvalue weighted by atomic mass is 16.5. The smallest absolute Gasteiger partial charge is 0.372 e. The molecule has 0 atom stereocenters. The van der Waals surface area contributed by atoms with E-state index in [1.807, 2.05) is 48.8 Å². The van der Waals surface area contributed by atoms with Crippen molar-refractivity contribution in [3.05, 3.63) is 61.2 Å². The molecule has 0 amide bonds. The maximum absolute atomic E-state index is 11.7. The van der Waals surface area contributed by atoms with Crippen molar-refractivity contribution in [3.8, 4) is 11.1 Å². The van der Waals surface area contributed by atoms with Crippen molar-refractivity contribution >= 4 is 22.7 Å². The highest BCUT2D eigenvalue weighted by Crippen LogP contribution is 2.22. The quantitative estimate of drug-likeness (QED) is 0.542. The van der Waals surface area contributed by atoms with Crippen LogP contribution in [0, 0.1) is 0 Å². The summed E-state index contributed by atoms with van der Waals surface area (Å²) in [6.07, 6.45) is 7.28. The number of aromatic nitrogens is 2. The van der Waals surface area contributed by atoms with Gasteiger partial charge in [0.1, 0.15) is 0 Å². The first-order valence-corrected chi connectivity index (χ1v) is 8.35. The van der Waals surface area contributed by atoms with Crippen molar-refractivity contribution in [2.24, 2.45) is 0 Å². The molecule has 0 spiro atoms. The van der Waals surface area contributed by atoms with Crippen LogP contribution in [-0.4, -0.2) is 23.7 Å². The Morgan fingerprint density at radius 2 is 1.65 bits per heavy atom. The fourth-order valence-corrected chi connectivity index (χ4v) is 2.78. The largest absolute Gasteiger partial charge is 0.477 e. The molecule has 3 aromatic rings. The van der Waals surface area contributed by atoms with E-state index in [-0.39, 0.29) is 19.1 Å². The maximum Gasteiger partial charge on any atom is 0.372 e. The van der Waals surface area contributed by atoms with Crippen molar-refractivity contribution < 1.29 is 28.6 Å². The Balaban J connectivity index is 1.87. The second-order valence-electron chi connectivity index (χ2n) is 5.92. The third-order valence-electron chi connectivity index (χ3n) is 4.00. The van der Waals surface area contributed by atoms with Gasteiger partial charge in [0.15, 0.2) is 24.8 Å². The van der Waals surface area contributed by atoms with E-state index in [0.717, 1.165) is 21.9 Å². The number of fused-ring (bicyclic) bond motifs is 1. The number of carboxylic acid groups (broad SMARTS) is 1. The van der Waals surface area contributed by atoms with Gasteiger partial charge in [-0.15, -0.1) is 0 Å². The van der Waals surface area contributed by atoms with Gasteiger partial charge in [0.25, 0.3) is 0 Å². The number of benzene rings is 1. The zero-order valence-corrected chi connectivity index (χ0v) is 14.5. The van der Waals surface area contributed by atoms with Gasteiger partial charge in [-0.3, -0.25) is 0 Å². The van der Waals surface area contributed by atoms with E-state index in [2.05, 4.69) is 0 Å². The number of ether oxygens (including phenoxy) is 1. The minimum atomic E-state index is -0.875. The summed E-state index contributed by atoms with van der Waals surface area (Å²) in [6.45, 7) is 2.27. The molecule has 0 unspecified atom stereocenters. The van der Waals surface area contributed by atoms with Crippen LogP contribution in [0.5, 0.6) is 0 Å². The molecule has 132 valence electrons. The molecule has 1 N–H and O–H groups in total. The lowest BCUT2D eigenvalue weighted by Gasteiger charge is -2.04. The molecule has 6 nitrogen and oxygen atoms in total. The molecule has 0 aliphatic carbocycles. The maximum atomic E-state index is 11.7. The number of hydrogen-bond acceptors (Lipinski definition) is 3. The molecule has 1 aromatic carbocycles. The number of pyridine rings is 2. The zero-order chi connectivity index (χ0) is 18.5. The van der Waals surface area contributed by atoms with Crippen LogP contribution in [0.25, 0.3) is 21.9 Å². The number of carboxylic acids is 1. The van der Waals surface area contributed by atoms with Gasteiger partial charge in [-0.25, -0.2) is 9.59 Å². The molecular weight excluding hydrogens is 332 g/mol. The molecule has 26 heavy (non-hydrogen) atoms. The molecule has 0 fully saturated rings. The van der Waals surface area contributed by atoms with Gasteiger partial charge in [-0.2, -0.15) is 9.13 Å². The topological polar surface area (TPSA) is 71.4 Å². The Morgan fingerprint density at radius 1 is 0.923 bits per heavy atom. The second kappa shape index (κ2) is 7.74. The summed E-state index contributed by atoms with van der Waals surface area (Å²) < 4.78 is 8.40. The number of hydrogen-bond donors (Lipinski definition) is 1. The van der Waals surface area contributed by atoms with E-state index >= 15 is 0 Å². The first-order chi connectivity index (χ1) is 12.5. The van der Waals surface area contributed by atoms with Gasteiger partial charge in [-0.1, -0.05) is 12.1 Å². The minimum Gasteiger partial charge on any atom is -0.477 e. The monoisotopic (exact) mass is 352 g/mol. The molecule has 0 saturated heterocycles. The molecule has 0 aliphatic rings. The zero-order valence-electron chi connectivity index (χ0n) is 14.5. The summed E-state index contributed by atoms with van der Waals surface area (Å²) in [7, 11) is 0. The Kier molecular flexibility index (Phi) is 5.22. The van der Waals surface area contributed by atoms with Gasteiger partial charge in [-0.05, 0) is 29.5 Å². The van der Waals surface area contributed by atoms with E-state index in [9.17, 15) is 9.59 Å². The minimum absolute atomic E-state index is 0.0636. The van der Waals surface area contributed by atoms with Gasteiger partial charge in [0, 0.05) is 23.6 Å². The average Bonchev–Trinajstić information content (AvgIpc) is 2.61. The predicted molar refractivity (Wildman–Crippen MR) is 94.0 cm³/mol. The summed E-state index contributed by atoms with van der Waals surface area (Å²) in [6, 6.07) is 11.8. The number of carbonyl (C=O) groups excluding carboxylic acids is 1. The number of esters is 1. The number of rotatable bonds is 6. The third kappa shape index (κ3) is 4.22. The standard InChI is InChI=1S/C20H19N2O4/c1-2-26-20(25)14-22-10-7-15-3-4-17(11-18(15)12-22)16-5-8-21(9-6-16)13-19(23)24/h3-12H,2,13-14H2,1H3/q+1/p+1. The Hall–Kier alpha value is -3.28. The lowest BCUT2D eigenvalue weighted by molar-refractivity contribution is -0.685. The molecule has 0 bridgehead atoms. The SMILES string of the molecule is CCOC(=O)C[n+]1ccc2ccc(-c3cc[n+](CC(=O)O)cc3)cc2c1. The normalized spacial score (nSPS) is 10.7. The number of nitrogens with zero attached hydrogens (tertiary/aromatic N) is 2. The van der Waals surface area contributed by atoms with E-state index in [4.69, 9.17) is 9.84 Å². The van der Waals surface area contributed by atoms with Crippen molar-refractivity contribution in [2.45, 2.75) is 20.0 Å². The molecule has 0 radical (unpaired) electrons. The van der Waals surface area contributed by atoms with Crippen LogP contribution in [0.15, 0.2) is 61.2 Å². The number of carbonyl (C=O) groups is 2. The molecule has 0 saturated carbocycles. The summed E-state index contributed by atoms with van der Waals surface area (Å²) >= 11 is 0. The third-order valence-corrected chi connectivity index (χ3v) is 4.00. The molecule has 0 aliphatic heterocycles. The fraction of sp³-hybridized carbons (Fsp3) is 0.200. The van der Waals surface area contributed by atoms with Crippen LogP contribution in [0.1, 0.15) is 6.92 Å². The molecular formula is C20H20N2O4+2. The van der Waals surface area contributed by atoms with Gasteiger partial charge >= 0.3 is 11.9 Å². The molecule has 3 rings (SSSR count). The lowest BCUT2D eigenvalue weighted by Crippen LogP contribution is -2.37. The predicted octanol–water partition coefficient (Wildman–Crippen LogP) is 1.73. The summed E-state index contributed by atoms with van der Waals surface area (Å²) in [5, 5.41) is 10.9. The Labute approximate surface area is 150 Å². The fourth-order valence-electron chi connectivity index (χ4n) is 2.78. The van der Waals surface area contributed by atoms with Crippen LogP contribution in [0.3, 0.4) is 0 Å². The van der Waals surface area contributed by atoms with Crippen molar-refractivity contribution in [2.75, 3.05) is 6.61 Å². The molecule has 2 heterocycles. The van der Waals surface area contributed by atoms with Crippen LogP contribution in [0.4, 0.5) is 0 Å². The summed E-state index contributed by atoms with van der Waals surface area (Å²) in [5.41, 5.74) is 2.02. The van der Waals surface area contributed by atoms with Gasteiger partial charge in [0.05, 0.1) is 6.61 Å². The Bertz CT molecular complexity index is 952.